The van der Waals surface area contributed by atoms with Gasteiger partial charge in [0.25, 0.3) is 0 Å². The van der Waals surface area contributed by atoms with Gasteiger partial charge in [-0.15, -0.1) is 0 Å². The van der Waals surface area contributed by atoms with Gasteiger partial charge in [-0.05, 0) is 55.7 Å². The predicted octanol–water partition coefficient (Wildman–Crippen LogP) is 4.91. The van der Waals surface area contributed by atoms with Crippen molar-refractivity contribution in [3.05, 3.63) is 65.8 Å². The highest BCUT2D eigenvalue weighted by Gasteiger charge is 2.32. The predicted molar refractivity (Wildman–Crippen MR) is 98.4 cm³/mol. The van der Waals surface area contributed by atoms with Gasteiger partial charge < -0.3 is 14.7 Å². The minimum atomic E-state index is -1.04. The van der Waals surface area contributed by atoms with Crippen molar-refractivity contribution in [3.8, 4) is 11.4 Å². The number of carbonyl (C=O) groups is 1. The Bertz CT molecular complexity index is 1020. The Hall–Kier alpha value is -3.36. The van der Waals surface area contributed by atoms with Gasteiger partial charge in [0.1, 0.15) is 11.9 Å². The summed E-state index contributed by atoms with van der Waals surface area (Å²) in [6.45, 7) is 0.453. The maximum Gasteiger partial charge on any atom is 0.322 e. The molecule has 4 rings (SSSR count). The number of rotatable bonds is 3. The molecule has 1 N–H and O–H groups in total. The molecule has 0 radical (unpaired) electrons. The number of anilines is 1. The lowest BCUT2D eigenvalue weighted by atomic mass is 10.0. The van der Waals surface area contributed by atoms with Crippen LogP contribution in [0.1, 0.15) is 31.2 Å². The summed E-state index contributed by atoms with van der Waals surface area (Å²) >= 11 is 0. The van der Waals surface area contributed by atoms with Crippen LogP contribution >= 0.6 is 0 Å². The lowest BCUT2D eigenvalue weighted by Gasteiger charge is -2.33. The monoisotopic (exact) mass is 402 g/mol. The number of hydrogen-bond donors (Lipinski definition) is 1. The summed E-state index contributed by atoms with van der Waals surface area (Å²) in [7, 11) is 0. The van der Waals surface area contributed by atoms with Crippen molar-refractivity contribution < 1.29 is 22.5 Å². The molecule has 0 spiro atoms. The second-order valence-electron chi connectivity index (χ2n) is 6.73. The van der Waals surface area contributed by atoms with Crippen LogP contribution in [0, 0.1) is 17.5 Å². The Morgan fingerprint density at radius 3 is 2.62 bits per heavy atom. The average molecular weight is 402 g/mol. The molecule has 1 atom stereocenters. The van der Waals surface area contributed by atoms with Crippen LogP contribution in [0.4, 0.5) is 23.7 Å². The van der Waals surface area contributed by atoms with Crippen LogP contribution in [0.15, 0.2) is 47.0 Å². The van der Waals surface area contributed by atoms with Crippen LogP contribution < -0.4 is 5.32 Å². The molecule has 1 fully saturated rings. The Labute approximate surface area is 164 Å². The summed E-state index contributed by atoms with van der Waals surface area (Å²) in [5.74, 6) is -1.84. The van der Waals surface area contributed by atoms with E-state index in [0.29, 0.717) is 24.4 Å². The van der Waals surface area contributed by atoms with Gasteiger partial charge in [0.2, 0.25) is 11.7 Å². The first-order valence-electron chi connectivity index (χ1n) is 9.13. The molecule has 1 aliphatic heterocycles. The number of piperidine rings is 1. The molecule has 0 unspecified atom stereocenters. The number of carbonyl (C=O) groups excluding carboxylic acids is 1. The largest absolute Gasteiger partial charge is 0.337 e. The zero-order valence-electron chi connectivity index (χ0n) is 15.2. The molecule has 6 nitrogen and oxygen atoms in total. The van der Waals surface area contributed by atoms with Crippen molar-refractivity contribution >= 4 is 11.7 Å². The van der Waals surface area contributed by atoms with Crippen molar-refractivity contribution in [3.63, 3.8) is 0 Å². The second kappa shape index (κ2) is 7.94. The van der Waals surface area contributed by atoms with E-state index >= 15 is 0 Å². The first-order valence-corrected chi connectivity index (χ1v) is 9.13. The summed E-state index contributed by atoms with van der Waals surface area (Å²) in [5, 5.41) is 6.51. The molecule has 0 saturated carbocycles. The van der Waals surface area contributed by atoms with Gasteiger partial charge in [-0.1, -0.05) is 5.16 Å². The molecule has 1 aliphatic rings. The lowest BCUT2D eigenvalue weighted by molar-refractivity contribution is 0.142. The minimum absolute atomic E-state index is 0.149. The summed E-state index contributed by atoms with van der Waals surface area (Å²) in [4.78, 5) is 18.6. The number of likely N-dealkylation sites (tertiary alicyclic amines) is 1. The van der Waals surface area contributed by atoms with Crippen LogP contribution in [0.2, 0.25) is 0 Å². The maximum absolute atomic E-state index is 13.4. The van der Waals surface area contributed by atoms with Crippen molar-refractivity contribution in [1.29, 1.82) is 0 Å². The molecule has 2 amide bonds. The Kier molecular flexibility index (Phi) is 5.20. The summed E-state index contributed by atoms with van der Waals surface area (Å²) in [6.07, 6.45) is 2.28. The normalized spacial score (nSPS) is 16.7. The smallest absolute Gasteiger partial charge is 0.322 e. The molecule has 1 saturated heterocycles. The Morgan fingerprint density at radius 2 is 1.86 bits per heavy atom. The van der Waals surface area contributed by atoms with Crippen LogP contribution in [-0.2, 0) is 0 Å². The fourth-order valence-electron chi connectivity index (χ4n) is 3.29. The first-order chi connectivity index (χ1) is 14.0. The third-order valence-electron chi connectivity index (χ3n) is 4.76. The molecule has 0 aliphatic carbocycles. The standard InChI is InChI=1S/C20H17F3N4O2/c21-13-6-4-12(5-7-13)18-25-19(29-26-18)17-3-1-2-10-27(17)20(28)24-14-8-9-15(22)16(23)11-14/h4-9,11,17H,1-3,10H2,(H,24,28)/t17-/m1/s1. The molecule has 29 heavy (non-hydrogen) atoms. The van der Waals surface area contributed by atoms with Gasteiger partial charge in [-0.25, -0.2) is 18.0 Å². The highest BCUT2D eigenvalue weighted by Crippen LogP contribution is 2.31. The summed E-state index contributed by atoms with van der Waals surface area (Å²) in [5.41, 5.74) is 0.741. The van der Waals surface area contributed by atoms with Gasteiger partial charge in [0.15, 0.2) is 11.6 Å². The number of nitrogens with zero attached hydrogens (tertiary/aromatic N) is 3. The number of benzene rings is 2. The SMILES string of the molecule is O=C(Nc1ccc(F)c(F)c1)N1CCCC[C@@H]1c1nc(-c2ccc(F)cc2)no1. The number of amides is 2. The number of halogens is 3. The molecule has 150 valence electrons. The van der Waals surface area contributed by atoms with E-state index in [9.17, 15) is 18.0 Å². The molecular weight excluding hydrogens is 385 g/mol. The average Bonchev–Trinajstić information content (AvgIpc) is 3.21. The fourth-order valence-corrected chi connectivity index (χ4v) is 3.29. The quantitative estimate of drug-likeness (QED) is 0.676. The van der Waals surface area contributed by atoms with Gasteiger partial charge in [-0.3, -0.25) is 0 Å². The van der Waals surface area contributed by atoms with E-state index in [0.717, 1.165) is 25.0 Å². The van der Waals surface area contributed by atoms with E-state index in [2.05, 4.69) is 15.5 Å². The molecule has 2 aromatic carbocycles. The van der Waals surface area contributed by atoms with Gasteiger partial charge >= 0.3 is 6.03 Å². The third-order valence-corrected chi connectivity index (χ3v) is 4.76. The fraction of sp³-hybridized carbons (Fsp3) is 0.250. The Morgan fingerprint density at radius 1 is 1.07 bits per heavy atom. The zero-order valence-corrected chi connectivity index (χ0v) is 15.2. The third kappa shape index (κ3) is 4.08. The minimum Gasteiger partial charge on any atom is -0.337 e. The van der Waals surface area contributed by atoms with Gasteiger partial charge in [-0.2, -0.15) is 4.98 Å². The van der Waals surface area contributed by atoms with Crippen molar-refractivity contribution in [2.75, 3.05) is 11.9 Å². The van der Waals surface area contributed by atoms with E-state index < -0.39 is 23.7 Å². The molecule has 0 bridgehead atoms. The van der Waals surface area contributed by atoms with E-state index in [4.69, 9.17) is 4.52 Å². The summed E-state index contributed by atoms with van der Waals surface area (Å²) in [6, 6.07) is 7.92. The number of nitrogens with one attached hydrogen (secondary N) is 1. The van der Waals surface area contributed by atoms with Gasteiger partial charge in [0, 0.05) is 23.9 Å². The van der Waals surface area contributed by atoms with Crippen LogP contribution in [0.3, 0.4) is 0 Å². The van der Waals surface area contributed by atoms with Gasteiger partial charge in [0.05, 0.1) is 0 Å². The summed E-state index contributed by atoms with van der Waals surface area (Å²) < 4.78 is 45.0. The zero-order chi connectivity index (χ0) is 20.4. The number of urea groups is 1. The molecule has 2 heterocycles. The Balaban J connectivity index is 1.53. The number of aromatic nitrogens is 2. The van der Waals surface area contributed by atoms with Crippen LogP contribution in [0.5, 0.6) is 0 Å². The molecule has 3 aromatic rings. The van der Waals surface area contributed by atoms with E-state index in [1.165, 1.54) is 23.1 Å². The van der Waals surface area contributed by atoms with E-state index in [1.54, 1.807) is 12.1 Å². The lowest BCUT2D eigenvalue weighted by Crippen LogP contribution is -2.41. The first kappa shape index (κ1) is 19.0. The topological polar surface area (TPSA) is 71.3 Å². The van der Waals surface area contributed by atoms with Crippen LogP contribution in [0.25, 0.3) is 11.4 Å². The highest BCUT2D eigenvalue weighted by molar-refractivity contribution is 5.89. The van der Waals surface area contributed by atoms with Crippen molar-refractivity contribution in [1.82, 2.24) is 15.0 Å². The highest BCUT2D eigenvalue weighted by atomic mass is 19.2. The van der Waals surface area contributed by atoms with E-state index in [-0.39, 0.29) is 17.4 Å². The van der Waals surface area contributed by atoms with Crippen molar-refractivity contribution in [2.24, 2.45) is 0 Å². The second-order valence-corrected chi connectivity index (χ2v) is 6.73. The maximum atomic E-state index is 13.4. The van der Waals surface area contributed by atoms with Crippen LogP contribution in [-0.4, -0.2) is 27.6 Å². The van der Waals surface area contributed by atoms with Crippen molar-refractivity contribution in [2.45, 2.75) is 25.3 Å². The number of hydrogen-bond acceptors (Lipinski definition) is 4. The molecule has 9 heteroatoms. The molecule has 1 aromatic heterocycles. The van der Waals surface area contributed by atoms with E-state index in [1.807, 2.05) is 0 Å². The molecular formula is C20H17F3N4O2.